The van der Waals surface area contributed by atoms with Gasteiger partial charge >= 0.3 is 6.18 Å². The second-order valence-corrected chi connectivity index (χ2v) is 7.42. The van der Waals surface area contributed by atoms with Gasteiger partial charge in [0.25, 0.3) is 0 Å². The standard InChI is InChI=1S/C17H26F3N5OS/c1-12-5-3-4-10-25(12)15(26)7-9-23-16(21-2)22-8-6-14-24-13(11-27-14)17(18,19)20/h11-12H,3-10H2,1-2H3,(H2,21,22,23). The van der Waals surface area contributed by atoms with Gasteiger partial charge in [-0.05, 0) is 26.2 Å². The molecule has 0 saturated carbocycles. The van der Waals surface area contributed by atoms with Crippen molar-refractivity contribution in [1.29, 1.82) is 0 Å². The lowest BCUT2D eigenvalue weighted by Crippen LogP contribution is -2.44. The van der Waals surface area contributed by atoms with Crippen LogP contribution in [0.2, 0.25) is 0 Å². The summed E-state index contributed by atoms with van der Waals surface area (Å²) in [5, 5.41) is 7.53. The van der Waals surface area contributed by atoms with Gasteiger partial charge in [0.05, 0.1) is 5.01 Å². The first-order valence-electron chi connectivity index (χ1n) is 9.07. The monoisotopic (exact) mass is 405 g/mol. The van der Waals surface area contributed by atoms with Gasteiger partial charge in [0.15, 0.2) is 11.7 Å². The number of halogens is 3. The van der Waals surface area contributed by atoms with Gasteiger partial charge in [-0.25, -0.2) is 4.98 Å². The Balaban J connectivity index is 1.68. The van der Waals surface area contributed by atoms with Gasteiger partial charge in [0.1, 0.15) is 0 Å². The second-order valence-electron chi connectivity index (χ2n) is 6.48. The fourth-order valence-electron chi connectivity index (χ4n) is 2.96. The third kappa shape index (κ3) is 6.67. The molecule has 1 aliphatic rings. The van der Waals surface area contributed by atoms with Crippen LogP contribution in [0.15, 0.2) is 10.4 Å². The lowest BCUT2D eigenvalue weighted by molar-refractivity contribution is -0.140. The Morgan fingerprint density at radius 2 is 2.11 bits per heavy atom. The highest BCUT2D eigenvalue weighted by atomic mass is 32.1. The molecule has 1 unspecified atom stereocenters. The summed E-state index contributed by atoms with van der Waals surface area (Å²) >= 11 is 0.992. The van der Waals surface area contributed by atoms with Crippen LogP contribution >= 0.6 is 11.3 Å². The Kier molecular flexibility index (Phi) is 7.88. The molecule has 0 spiro atoms. The molecule has 0 radical (unpaired) electrons. The molecule has 1 fully saturated rings. The molecule has 27 heavy (non-hydrogen) atoms. The number of aromatic nitrogens is 1. The van der Waals surface area contributed by atoms with Crippen LogP contribution in [-0.4, -0.2) is 54.5 Å². The van der Waals surface area contributed by atoms with Gasteiger partial charge in [0.2, 0.25) is 5.91 Å². The number of likely N-dealkylation sites (tertiary alicyclic amines) is 1. The van der Waals surface area contributed by atoms with E-state index in [1.54, 1.807) is 7.05 Å². The number of nitrogens with one attached hydrogen (secondary N) is 2. The number of guanidine groups is 1. The third-order valence-electron chi connectivity index (χ3n) is 4.45. The van der Waals surface area contributed by atoms with Crippen LogP contribution < -0.4 is 10.6 Å². The highest BCUT2D eigenvalue weighted by molar-refractivity contribution is 7.09. The van der Waals surface area contributed by atoms with Crippen molar-refractivity contribution in [3.05, 3.63) is 16.1 Å². The van der Waals surface area contributed by atoms with Gasteiger partial charge in [-0.2, -0.15) is 13.2 Å². The average Bonchev–Trinajstić information content (AvgIpc) is 3.10. The molecule has 0 bridgehead atoms. The van der Waals surface area contributed by atoms with Crippen LogP contribution in [0.3, 0.4) is 0 Å². The number of piperidine rings is 1. The minimum atomic E-state index is -4.40. The number of carbonyl (C=O) groups is 1. The molecule has 152 valence electrons. The summed E-state index contributed by atoms with van der Waals surface area (Å²) in [6.07, 6.45) is -0.381. The highest BCUT2D eigenvalue weighted by Crippen LogP contribution is 2.30. The van der Waals surface area contributed by atoms with Crippen LogP contribution in [0, 0.1) is 0 Å². The second kappa shape index (κ2) is 9.91. The maximum atomic E-state index is 12.5. The molecule has 1 saturated heterocycles. The molecule has 1 amide bonds. The Labute approximate surface area is 161 Å². The molecule has 2 rings (SSSR count). The number of hydrogen-bond donors (Lipinski definition) is 2. The Morgan fingerprint density at radius 1 is 1.37 bits per heavy atom. The molecular weight excluding hydrogens is 379 g/mol. The number of alkyl halides is 3. The van der Waals surface area contributed by atoms with Crippen LogP contribution in [0.25, 0.3) is 0 Å². The number of aliphatic imine (C=N–C) groups is 1. The number of amides is 1. The molecule has 1 aromatic rings. The quantitative estimate of drug-likeness (QED) is 0.564. The van der Waals surface area contributed by atoms with E-state index in [4.69, 9.17) is 0 Å². The van der Waals surface area contributed by atoms with Gasteiger partial charge < -0.3 is 15.5 Å². The number of rotatable bonds is 6. The summed E-state index contributed by atoms with van der Waals surface area (Å²) in [5.74, 6) is 0.648. The minimum absolute atomic E-state index is 0.132. The van der Waals surface area contributed by atoms with Crippen molar-refractivity contribution in [1.82, 2.24) is 20.5 Å². The zero-order valence-electron chi connectivity index (χ0n) is 15.6. The summed E-state index contributed by atoms with van der Waals surface area (Å²) in [6.45, 7) is 3.76. The summed E-state index contributed by atoms with van der Waals surface area (Å²) in [7, 11) is 1.61. The van der Waals surface area contributed by atoms with Crippen molar-refractivity contribution in [2.24, 2.45) is 4.99 Å². The Bertz CT molecular complexity index is 647. The summed E-state index contributed by atoms with van der Waals surface area (Å²) in [5.41, 5.74) is -0.851. The van der Waals surface area contributed by atoms with E-state index in [0.717, 1.165) is 36.1 Å². The number of carbonyl (C=O) groups excluding carboxylic acids is 1. The first kappa shape index (κ1) is 21.5. The lowest BCUT2D eigenvalue weighted by atomic mass is 10.0. The van der Waals surface area contributed by atoms with E-state index in [1.165, 1.54) is 6.42 Å². The number of hydrogen-bond acceptors (Lipinski definition) is 4. The van der Waals surface area contributed by atoms with E-state index in [2.05, 4.69) is 27.5 Å². The van der Waals surface area contributed by atoms with E-state index in [-0.39, 0.29) is 5.91 Å². The van der Waals surface area contributed by atoms with E-state index in [9.17, 15) is 18.0 Å². The van der Waals surface area contributed by atoms with Crippen LogP contribution in [0.4, 0.5) is 13.2 Å². The Morgan fingerprint density at radius 3 is 2.74 bits per heavy atom. The molecular formula is C17H26F3N5OS. The molecule has 0 aliphatic carbocycles. The van der Waals surface area contributed by atoms with Crippen LogP contribution in [-0.2, 0) is 17.4 Å². The van der Waals surface area contributed by atoms with Crippen molar-refractivity contribution in [3.63, 3.8) is 0 Å². The lowest BCUT2D eigenvalue weighted by Gasteiger charge is -2.33. The van der Waals surface area contributed by atoms with Gasteiger partial charge in [-0.15, -0.1) is 11.3 Å². The van der Waals surface area contributed by atoms with Crippen molar-refractivity contribution < 1.29 is 18.0 Å². The fourth-order valence-corrected chi connectivity index (χ4v) is 3.77. The SMILES string of the molecule is CN=C(NCCC(=O)N1CCCCC1C)NCCc1nc(C(F)(F)F)cs1. The largest absolute Gasteiger partial charge is 0.434 e. The van der Waals surface area contributed by atoms with Crippen molar-refractivity contribution in [3.8, 4) is 0 Å². The normalized spacial score (nSPS) is 18.5. The van der Waals surface area contributed by atoms with E-state index in [1.807, 2.05) is 4.90 Å². The maximum absolute atomic E-state index is 12.5. The average molecular weight is 405 g/mol. The topological polar surface area (TPSA) is 69.6 Å². The Hall–Kier alpha value is -1.84. The van der Waals surface area contributed by atoms with E-state index in [0.29, 0.717) is 42.9 Å². The summed E-state index contributed by atoms with van der Waals surface area (Å²) in [4.78, 5) is 21.9. The molecule has 10 heteroatoms. The van der Waals surface area contributed by atoms with Crippen LogP contribution in [0.1, 0.15) is 43.3 Å². The minimum Gasteiger partial charge on any atom is -0.356 e. The first-order chi connectivity index (χ1) is 12.8. The molecule has 2 heterocycles. The predicted molar refractivity (Wildman–Crippen MR) is 99.8 cm³/mol. The summed E-state index contributed by atoms with van der Waals surface area (Å²) < 4.78 is 37.6. The fraction of sp³-hybridized carbons (Fsp3) is 0.706. The molecule has 6 nitrogen and oxygen atoms in total. The van der Waals surface area contributed by atoms with Crippen molar-refractivity contribution in [2.75, 3.05) is 26.7 Å². The molecule has 2 N–H and O–H groups in total. The number of nitrogens with zero attached hydrogens (tertiary/aromatic N) is 3. The van der Waals surface area contributed by atoms with Gasteiger partial charge in [-0.1, -0.05) is 0 Å². The van der Waals surface area contributed by atoms with E-state index >= 15 is 0 Å². The number of thiazole rings is 1. The summed E-state index contributed by atoms with van der Waals surface area (Å²) in [6, 6.07) is 0.295. The molecule has 1 atom stereocenters. The zero-order valence-corrected chi connectivity index (χ0v) is 16.4. The maximum Gasteiger partial charge on any atom is 0.434 e. The van der Waals surface area contributed by atoms with Crippen molar-refractivity contribution >= 4 is 23.2 Å². The van der Waals surface area contributed by atoms with Gasteiger partial charge in [-0.3, -0.25) is 9.79 Å². The molecule has 1 aliphatic heterocycles. The van der Waals surface area contributed by atoms with E-state index < -0.39 is 11.9 Å². The van der Waals surface area contributed by atoms with Crippen LogP contribution in [0.5, 0.6) is 0 Å². The third-order valence-corrected chi connectivity index (χ3v) is 5.36. The smallest absolute Gasteiger partial charge is 0.356 e. The highest BCUT2D eigenvalue weighted by Gasteiger charge is 2.33. The molecule has 1 aromatic heterocycles. The zero-order chi connectivity index (χ0) is 19.9. The van der Waals surface area contributed by atoms with Crippen molar-refractivity contribution in [2.45, 2.75) is 51.2 Å². The molecule has 0 aromatic carbocycles. The predicted octanol–water partition coefficient (Wildman–Crippen LogP) is 2.66. The first-order valence-corrected chi connectivity index (χ1v) is 9.95. The van der Waals surface area contributed by atoms with Gasteiger partial charge in [0, 0.05) is 50.9 Å².